The molecule has 0 radical (unpaired) electrons. The van der Waals surface area contributed by atoms with Gasteiger partial charge in [-0.15, -0.1) is 11.3 Å². The van der Waals surface area contributed by atoms with E-state index in [4.69, 9.17) is 0 Å². The number of benzene rings is 1. The largest absolute Gasteiger partial charge is 0.337 e. The molecule has 3 rings (SSSR count). The number of thiazole rings is 1. The lowest BCUT2D eigenvalue weighted by Gasteiger charge is -2.41. The van der Waals surface area contributed by atoms with Crippen molar-refractivity contribution in [3.63, 3.8) is 0 Å². The highest BCUT2D eigenvalue weighted by atomic mass is 32.1. The lowest BCUT2D eigenvalue weighted by molar-refractivity contribution is -0.136. The van der Waals surface area contributed by atoms with Crippen molar-refractivity contribution >= 4 is 17.2 Å². The van der Waals surface area contributed by atoms with Crippen LogP contribution in [-0.2, 0) is 17.8 Å². The minimum absolute atomic E-state index is 0.272. The quantitative estimate of drug-likeness (QED) is 0.808. The fourth-order valence-corrected chi connectivity index (χ4v) is 3.92. The number of amides is 1. The molecule has 4 nitrogen and oxygen atoms in total. The number of piperazine rings is 1. The number of rotatable bonds is 6. The summed E-state index contributed by atoms with van der Waals surface area (Å²) in [6.07, 6.45) is 2.33. The van der Waals surface area contributed by atoms with Gasteiger partial charge in [0.25, 0.3) is 0 Å². The SMILES string of the molecule is CC[C@@H]1CN(Cc2ccccc2)CCN1C(=O)CCc1cscn1. The number of aryl methyl sites for hydroxylation is 1. The lowest BCUT2D eigenvalue weighted by atomic mass is 10.1. The van der Waals surface area contributed by atoms with Crippen LogP contribution in [0, 0.1) is 0 Å². The van der Waals surface area contributed by atoms with Crippen molar-refractivity contribution in [1.29, 1.82) is 0 Å². The van der Waals surface area contributed by atoms with Crippen molar-refractivity contribution in [2.24, 2.45) is 0 Å². The van der Waals surface area contributed by atoms with E-state index >= 15 is 0 Å². The van der Waals surface area contributed by atoms with Gasteiger partial charge in [0.2, 0.25) is 5.91 Å². The van der Waals surface area contributed by atoms with Crippen LogP contribution in [0.15, 0.2) is 41.2 Å². The maximum absolute atomic E-state index is 12.6. The third kappa shape index (κ3) is 4.42. The minimum Gasteiger partial charge on any atom is -0.337 e. The summed E-state index contributed by atoms with van der Waals surface area (Å²) >= 11 is 1.59. The summed E-state index contributed by atoms with van der Waals surface area (Å²) in [5.41, 5.74) is 4.21. The van der Waals surface area contributed by atoms with Gasteiger partial charge in [-0.05, 0) is 18.4 Å². The van der Waals surface area contributed by atoms with Crippen LogP contribution in [0.1, 0.15) is 31.0 Å². The highest BCUT2D eigenvalue weighted by molar-refractivity contribution is 7.07. The summed E-state index contributed by atoms with van der Waals surface area (Å²) < 4.78 is 0. The van der Waals surface area contributed by atoms with Crippen LogP contribution in [0.2, 0.25) is 0 Å². The summed E-state index contributed by atoms with van der Waals surface area (Å²) in [6, 6.07) is 10.9. The molecule has 128 valence electrons. The first-order valence-electron chi connectivity index (χ1n) is 8.69. The normalized spacial score (nSPS) is 18.7. The predicted octanol–water partition coefficient (Wildman–Crippen LogP) is 3.20. The summed E-state index contributed by atoms with van der Waals surface area (Å²) in [5, 5.41) is 2.03. The fraction of sp³-hybridized carbons (Fsp3) is 0.474. The molecule has 0 saturated carbocycles. The second kappa shape index (κ2) is 8.40. The maximum Gasteiger partial charge on any atom is 0.223 e. The van der Waals surface area contributed by atoms with Crippen molar-refractivity contribution in [1.82, 2.24) is 14.8 Å². The van der Waals surface area contributed by atoms with Gasteiger partial charge in [0, 0.05) is 44.0 Å². The summed E-state index contributed by atoms with van der Waals surface area (Å²) in [7, 11) is 0. The molecule has 0 unspecified atom stereocenters. The van der Waals surface area contributed by atoms with E-state index in [2.05, 4.69) is 52.0 Å². The molecule has 1 aromatic heterocycles. The molecule has 5 heteroatoms. The number of hydrogen-bond acceptors (Lipinski definition) is 4. The van der Waals surface area contributed by atoms with E-state index < -0.39 is 0 Å². The summed E-state index contributed by atoms with van der Waals surface area (Å²) in [5.74, 6) is 0.272. The van der Waals surface area contributed by atoms with Crippen LogP contribution in [0.3, 0.4) is 0 Å². The van der Waals surface area contributed by atoms with Crippen LogP contribution in [-0.4, -0.2) is 46.4 Å². The van der Waals surface area contributed by atoms with Gasteiger partial charge in [-0.2, -0.15) is 0 Å². The maximum atomic E-state index is 12.6. The smallest absolute Gasteiger partial charge is 0.223 e. The predicted molar refractivity (Wildman–Crippen MR) is 97.9 cm³/mol. The molecule has 1 aromatic carbocycles. The van der Waals surface area contributed by atoms with E-state index in [1.165, 1.54) is 5.56 Å². The van der Waals surface area contributed by atoms with Crippen molar-refractivity contribution in [2.45, 2.75) is 38.8 Å². The molecule has 0 bridgehead atoms. The molecule has 1 atom stereocenters. The highest BCUT2D eigenvalue weighted by Crippen LogP contribution is 2.17. The molecule has 1 saturated heterocycles. The third-order valence-electron chi connectivity index (χ3n) is 4.69. The van der Waals surface area contributed by atoms with Crippen LogP contribution in [0.25, 0.3) is 0 Å². The Kier molecular flexibility index (Phi) is 5.99. The van der Waals surface area contributed by atoms with Gasteiger partial charge in [0.15, 0.2) is 0 Å². The molecule has 0 N–H and O–H groups in total. The zero-order chi connectivity index (χ0) is 16.8. The van der Waals surface area contributed by atoms with Gasteiger partial charge in [0.1, 0.15) is 0 Å². The Morgan fingerprint density at radius 2 is 2.12 bits per heavy atom. The van der Waals surface area contributed by atoms with Crippen molar-refractivity contribution in [3.05, 3.63) is 52.5 Å². The molecular weight excluding hydrogens is 318 g/mol. The van der Waals surface area contributed by atoms with E-state index in [1.54, 1.807) is 11.3 Å². The molecule has 1 fully saturated rings. The van der Waals surface area contributed by atoms with E-state index in [9.17, 15) is 4.79 Å². The molecule has 1 aliphatic rings. The zero-order valence-corrected chi connectivity index (χ0v) is 15.0. The van der Waals surface area contributed by atoms with Gasteiger partial charge < -0.3 is 4.90 Å². The second-order valence-electron chi connectivity index (χ2n) is 6.35. The van der Waals surface area contributed by atoms with E-state index in [1.807, 2.05) is 10.9 Å². The lowest BCUT2D eigenvalue weighted by Crippen LogP contribution is -2.54. The number of carbonyl (C=O) groups excluding carboxylic acids is 1. The number of hydrogen-bond donors (Lipinski definition) is 0. The second-order valence-corrected chi connectivity index (χ2v) is 7.07. The Bertz CT molecular complexity index is 629. The number of aromatic nitrogens is 1. The fourth-order valence-electron chi connectivity index (χ4n) is 3.32. The molecule has 0 spiro atoms. The first-order chi connectivity index (χ1) is 11.8. The van der Waals surface area contributed by atoms with Crippen molar-refractivity contribution in [3.8, 4) is 0 Å². The van der Waals surface area contributed by atoms with E-state index in [0.29, 0.717) is 12.5 Å². The molecule has 2 heterocycles. The molecule has 0 aliphatic carbocycles. The Hall–Kier alpha value is -1.72. The van der Waals surface area contributed by atoms with Crippen LogP contribution in [0.4, 0.5) is 0 Å². The Morgan fingerprint density at radius 3 is 2.83 bits per heavy atom. The minimum atomic E-state index is 0.272. The molecule has 1 amide bonds. The molecule has 24 heavy (non-hydrogen) atoms. The molecular formula is C19H25N3OS. The Labute approximate surface area is 148 Å². The van der Waals surface area contributed by atoms with Crippen LogP contribution in [0.5, 0.6) is 0 Å². The number of carbonyl (C=O) groups is 1. The topological polar surface area (TPSA) is 36.4 Å². The van der Waals surface area contributed by atoms with Gasteiger partial charge >= 0.3 is 0 Å². The summed E-state index contributed by atoms with van der Waals surface area (Å²) in [4.78, 5) is 21.4. The zero-order valence-electron chi connectivity index (χ0n) is 14.2. The van der Waals surface area contributed by atoms with Crippen molar-refractivity contribution in [2.75, 3.05) is 19.6 Å². The van der Waals surface area contributed by atoms with Gasteiger partial charge in [-0.3, -0.25) is 9.69 Å². The molecule has 1 aliphatic heterocycles. The first kappa shape index (κ1) is 17.1. The van der Waals surface area contributed by atoms with Gasteiger partial charge in [0.05, 0.1) is 11.2 Å². The third-order valence-corrected chi connectivity index (χ3v) is 5.32. The van der Waals surface area contributed by atoms with Crippen molar-refractivity contribution < 1.29 is 4.79 Å². The van der Waals surface area contributed by atoms with Crippen LogP contribution < -0.4 is 0 Å². The Morgan fingerprint density at radius 1 is 1.29 bits per heavy atom. The van der Waals surface area contributed by atoms with Gasteiger partial charge in [-0.25, -0.2) is 4.98 Å². The highest BCUT2D eigenvalue weighted by Gasteiger charge is 2.28. The monoisotopic (exact) mass is 343 g/mol. The number of nitrogens with zero attached hydrogens (tertiary/aromatic N) is 3. The first-order valence-corrected chi connectivity index (χ1v) is 9.63. The van der Waals surface area contributed by atoms with Crippen LogP contribution >= 0.6 is 11.3 Å². The Balaban J connectivity index is 1.53. The summed E-state index contributed by atoms with van der Waals surface area (Å²) in [6.45, 7) is 5.90. The average Bonchev–Trinajstić information content (AvgIpc) is 3.14. The standard InChI is InChI=1S/C19H25N3OS/c1-2-18-13-21(12-16-6-4-3-5-7-16)10-11-22(18)19(23)9-8-17-14-24-15-20-17/h3-7,14-15,18H,2,8-13H2,1H3/t18-/m1/s1. The molecule has 2 aromatic rings. The van der Waals surface area contributed by atoms with E-state index in [-0.39, 0.29) is 5.91 Å². The van der Waals surface area contributed by atoms with E-state index in [0.717, 1.165) is 44.7 Å². The van der Waals surface area contributed by atoms with Gasteiger partial charge in [-0.1, -0.05) is 37.3 Å². The average molecular weight is 343 g/mol.